The van der Waals surface area contributed by atoms with E-state index in [0.717, 1.165) is 5.56 Å². The van der Waals surface area contributed by atoms with Crippen molar-refractivity contribution in [1.29, 1.82) is 0 Å². The Morgan fingerprint density at radius 1 is 1.56 bits per heavy atom. The number of hydrogen-bond donors (Lipinski definition) is 1. The third kappa shape index (κ3) is 4.23. The number of ether oxygens (including phenoxy) is 1. The van der Waals surface area contributed by atoms with E-state index in [1.165, 1.54) is 0 Å². The van der Waals surface area contributed by atoms with Gasteiger partial charge in [0.05, 0.1) is 12.6 Å². The molecule has 0 aliphatic rings. The molecule has 1 rings (SSSR count). The van der Waals surface area contributed by atoms with Gasteiger partial charge in [-0.05, 0) is 31.0 Å². The van der Waals surface area contributed by atoms with Gasteiger partial charge < -0.3 is 10.5 Å². The van der Waals surface area contributed by atoms with Crippen molar-refractivity contribution in [1.82, 2.24) is 0 Å². The zero-order valence-electron chi connectivity index (χ0n) is 10.2. The molecule has 0 bridgehead atoms. The van der Waals surface area contributed by atoms with Crippen LogP contribution in [0.3, 0.4) is 0 Å². The lowest BCUT2D eigenvalue weighted by Crippen LogP contribution is -2.31. The Hall–Kier alpha value is -0.650. The highest BCUT2D eigenvalue weighted by Gasteiger charge is 2.28. The molecule has 0 radical (unpaired) electrons. The first-order valence-electron chi connectivity index (χ1n) is 5.29. The molecule has 0 heterocycles. The number of rotatable bonds is 4. The summed E-state index contributed by atoms with van der Waals surface area (Å²) in [6.07, 6.45) is -1.85. The lowest BCUT2D eigenvalue weighted by molar-refractivity contribution is -0.149. The summed E-state index contributed by atoms with van der Waals surface area (Å²) in [4.78, 5) is 11.2. The number of benzene rings is 1. The fourth-order valence-electron chi connectivity index (χ4n) is 1.43. The fraction of sp³-hybridized carbons (Fsp3) is 0.417. The zero-order valence-corrected chi connectivity index (χ0v) is 12.6. The summed E-state index contributed by atoms with van der Waals surface area (Å²) in [7, 11) is 0. The number of halogens is 3. The van der Waals surface area contributed by atoms with E-state index in [1.54, 1.807) is 13.0 Å². The van der Waals surface area contributed by atoms with Gasteiger partial charge in [-0.1, -0.05) is 28.1 Å². The van der Waals surface area contributed by atoms with Crippen molar-refractivity contribution < 1.29 is 13.9 Å². The van der Waals surface area contributed by atoms with Crippen molar-refractivity contribution in [2.24, 2.45) is 5.73 Å². The van der Waals surface area contributed by atoms with E-state index < -0.39 is 18.2 Å². The number of carbonyl (C=O) groups is 1. The molecule has 3 nitrogen and oxygen atoms in total. The summed E-state index contributed by atoms with van der Waals surface area (Å²) in [5.74, 6) is -0.924. The minimum absolute atomic E-state index is 0. The second-order valence-electron chi connectivity index (χ2n) is 3.70. The highest BCUT2D eigenvalue weighted by molar-refractivity contribution is 9.10. The van der Waals surface area contributed by atoms with Gasteiger partial charge in [0.15, 0.2) is 0 Å². The normalized spacial score (nSPS) is 13.4. The lowest BCUT2D eigenvalue weighted by atomic mass is 10.0. The number of esters is 1. The van der Waals surface area contributed by atoms with Crippen molar-refractivity contribution >= 4 is 34.3 Å². The Labute approximate surface area is 120 Å². The molecule has 0 spiro atoms. The average molecular weight is 341 g/mol. The number of carbonyl (C=O) groups excluding carboxylic acids is 1. The van der Waals surface area contributed by atoms with Crippen molar-refractivity contribution in [2.45, 2.75) is 26.1 Å². The second-order valence-corrected chi connectivity index (χ2v) is 4.56. The van der Waals surface area contributed by atoms with Crippen LogP contribution in [0.15, 0.2) is 22.7 Å². The summed E-state index contributed by atoms with van der Waals surface area (Å²) >= 11 is 3.31. The van der Waals surface area contributed by atoms with E-state index in [2.05, 4.69) is 20.7 Å². The van der Waals surface area contributed by atoms with E-state index >= 15 is 0 Å². The molecule has 1 unspecified atom stereocenters. The van der Waals surface area contributed by atoms with E-state index in [0.29, 0.717) is 10.0 Å². The van der Waals surface area contributed by atoms with Crippen molar-refractivity contribution in [3.8, 4) is 0 Å². The van der Waals surface area contributed by atoms with Crippen LogP contribution >= 0.6 is 28.3 Å². The molecule has 0 aromatic heterocycles. The smallest absolute Gasteiger partial charge is 0.342 e. The standard InChI is InChI=1S/C12H15BrFNO2.ClH/c1-3-17-12(16)10(14)11(15)8-5-4-7(2)6-9(8)13;/h4-6,10-11H,3,15H2,1-2H3;1H/t10?,11-;/m1./s1. The SMILES string of the molecule is CCOC(=O)C(F)[C@H](N)c1ccc(C)cc1Br.Cl. The van der Waals surface area contributed by atoms with Gasteiger partial charge in [-0.25, -0.2) is 9.18 Å². The van der Waals surface area contributed by atoms with E-state index in [9.17, 15) is 9.18 Å². The fourth-order valence-corrected chi connectivity index (χ4v) is 2.19. The van der Waals surface area contributed by atoms with Gasteiger partial charge in [0.25, 0.3) is 0 Å². The van der Waals surface area contributed by atoms with Crippen LogP contribution in [-0.4, -0.2) is 18.7 Å². The molecule has 0 aliphatic carbocycles. The molecule has 0 saturated heterocycles. The maximum Gasteiger partial charge on any atom is 0.342 e. The maximum absolute atomic E-state index is 13.7. The van der Waals surface area contributed by atoms with Crippen LogP contribution in [0.4, 0.5) is 4.39 Å². The van der Waals surface area contributed by atoms with E-state index in [4.69, 9.17) is 5.73 Å². The van der Waals surface area contributed by atoms with Gasteiger partial charge in [-0.3, -0.25) is 0 Å². The molecule has 1 aromatic rings. The van der Waals surface area contributed by atoms with Gasteiger partial charge in [0.1, 0.15) is 0 Å². The first-order valence-corrected chi connectivity index (χ1v) is 6.09. The third-order valence-corrected chi connectivity index (χ3v) is 3.03. The molecular weight excluding hydrogens is 324 g/mol. The first-order chi connectivity index (χ1) is 7.97. The van der Waals surface area contributed by atoms with Crippen molar-refractivity contribution in [2.75, 3.05) is 6.61 Å². The van der Waals surface area contributed by atoms with Gasteiger partial charge in [-0.2, -0.15) is 0 Å². The lowest BCUT2D eigenvalue weighted by Gasteiger charge is -2.17. The molecular formula is C12H16BrClFNO2. The summed E-state index contributed by atoms with van der Waals surface area (Å²) in [5, 5.41) is 0. The van der Waals surface area contributed by atoms with Crippen LogP contribution < -0.4 is 5.73 Å². The molecule has 1 aromatic carbocycles. The second kappa shape index (κ2) is 7.71. The minimum atomic E-state index is -1.85. The van der Waals surface area contributed by atoms with Gasteiger partial charge in [0.2, 0.25) is 6.17 Å². The summed E-state index contributed by atoms with van der Waals surface area (Å²) in [6, 6.07) is 4.32. The molecule has 0 amide bonds. The molecule has 2 atom stereocenters. The predicted octanol–water partition coefficient (Wildman–Crippen LogP) is 3.08. The van der Waals surface area contributed by atoms with Crippen LogP contribution in [0.25, 0.3) is 0 Å². The zero-order chi connectivity index (χ0) is 13.0. The topological polar surface area (TPSA) is 52.3 Å². The van der Waals surface area contributed by atoms with Crippen LogP contribution in [0.5, 0.6) is 0 Å². The van der Waals surface area contributed by atoms with Gasteiger partial charge in [-0.15, -0.1) is 12.4 Å². The summed E-state index contributed by atoms with van der Waals surface area (Å²) in [5.41, 5.74) is 7.29. The van der Waals surface area contributed by atoms with Crippen LogP contribution in [0, 0.1) is 6.92 Å². The molecule has 102 valence electrons. The number of alkyl halides is 1. The van der Waals surface area contributed by atoms with Crippen molar-refractivity contribution in [3.63, 3.8) is 0 Å². The summed E-state index contributed by atoms with van der Waals surface area (Å²) < 4.78 is 19.0. The Morgan fingerprint density at radius 2 is 2.17 bits per heavy atom. The molecule has 2 N–H and O–H groups in total. The Bertz CT molecular complexity index is 417. The highest BCUT2D eigenvalue weighted by Crippen LogP contribution is 2.26. The van der Waals surface area contributed by atoms with Crippen molar-refractivity contribution in [3.05, 3.63) is 33.8 Å². The number of aryl methyl sites for hydroxylation is 1. The van der Waals surface area contributed by atoms with Crippen LogP contribution in [-0.2, 0) is 9.53 Å². The van der Waals surface area contributed by atoms with Gasteiger partial charge >= 0.3 is 5.97 Å². The van der Waals surface area contributed by atoms with E-state index in [-0.39, 0.29) is 19.0 Å². The predicted molar refractivity (Wildman–Crippen MR) is 74.6 cm³/mol. The van der Waals surface area contributed by atoms with Gasteiger partial charge in [0, 0.05) is 4.47 Å². The molecule has 0 saturated carbocycles. The molecule has 0 fully saturated rings. The quantitative estimate of drug-likeness (QED) is 0.857. The monoisotopic (exact) mass is 339 g/mol. The maximum atomic E-state index is 13.7. The Kier molecular flexibility index (Phi) is 7.43. The van der Waals surface area contributed by atoms with E-state index in [1.807, 2.05) is 19.1 Å². The molecule has 0 aliphatic heterocycles. The van der Waals surface area contributed by atoms with Crippen LogP contribution in [0.2, 0.25) is 0 Å². The Balaban J connectivity index is 0.00000289. The van der Waals surface area contributed by atoms with Crippen LogP contribution in [0.1, 0.15) is 24.1 Å². The molecule has 18 heavy (non-hydrogen) atoms. The largest absolute Gasteiger partial charge is 0.464 e. The third-order valence-electron chi connectivity index (χ3n) is 2.34. The first kappa shape index (κ1) is 17.4. The number of nitrogens with two attached hydrogens (primary N) is 1. The Morgan fingerprint density at radius 3 is 2.67 bits per heavy atom. The minimum Gasteiger partial charge on any atom is -0.464 e. The summed E-state index contributed by atoms with van der Waals surface area (Å²) in [6.45, 7) is 3.68. The highest BCUT2D eigenvalue weighted by atomic mass is 79.9. The molecule has 6 heteroatoms. The number of hydrogen-bond acceptors (Lipinski definition) is 3. The average Bonchev–Trinajstić information content (AvgIpc) is 2.27.